The minimum Gasteiger partial charge on any atom is -0.267 e. The van der Waals surface area contributed by atoms with Gasteiger partial charge in [0.2, 0.25) is 0 Å². The molecule has 0 fully saturated rings. The van der Waals surface area contributed by atoms with E-state index in [4.69, 9.17) is 16.9 Å². The number of hydrogen-bond acceptors (Lipinski definition) is 2. The quantitative estimate of drug-likeness (QED) is 0.697. The zero-order valence-electron chi connectivity index (χ0n) is 11.7. The summed E-state index contributed by atoms with van der Waals surface area (Å²) in [5, 5.41) is 9.77. The zero-order valence-corrected chi connectivity index (χ0v) is 12.5. The van der Waals surface area contributed by atoms with Crippen molar-refractivity contribution in [3.63, 3.8) is 0 Å². The third-order valence-corrected chi connectivity index (χ3v) is 3.28. The van der Waals surface area contributed by atoms with E-state index in [0.717, 1.165) is 17.0 Å². The Morgan fingerprint density at radius 1 is 1.19 bits per heavy atom. The number of nitriles is 1. The average molecular weight is 300 g/mol. The molecule has 0 spiro atoms. The van der Waals surface area contributed by atoms with Crippen molar-refractivity contribution in [2.24, 2.45) is 0 Å². The molecule has 0 aliphatic rings. The van der Waals surface area contributed by atoms with E-state index in [0.29, 0.717) is 5.02 Å². The van der Waals surface area contributed by atoms with Gasteiger partial charge in [-0.15, -0.1) is 0 Å². The van der Waals surface area contributed by atoms with Crippen molar-refractivity contribution < 1.29 is 4.79 Å². The predicted molar refractivity (Wildman–Crippen MR) is 83.3 cm³/mol. The standard InChI is InChI=1S/C16H14ClN3O/c1-11-3-4-12(2)20(11)19-16(21)14(10-18)9-13-5-7-15(17)8-6-13/h3-9H,1-2H3,(H,19,21)/b14-9-. The van der Waals surface area contributed by atoms with E-state index in [2.05, 4.69) is 5.43 Å². The lowest BCUT2D eigenvalue weighted by Gasteiger charge is -2.10. The molecule has 1 aromatic carbocycles. The Hall–Kier alpha value is -2.51. The molecule has 0 radical (unpaired) electrons. The highest BCUT2D eigenvalue weighted by atomic mass is 35.5. The molecule has 1 heterocycles. The Bertz CT molecular complexity index is 716. The van der Waals surface area contributed by atoms with Gasteiger partial charge < -0.3 is 0 Å². The smallest absolute Gasteiger partial charge is 0.267 e. The summed E-state index contributed by atoms with van der Waals surface area (Å²) in [4.78, 5) is 12.2. The Morgan fingerprint density at radius 3 is 2.29 bits per heavy atom. The normalized spacial score (nSPS) is 11.0. The summed E-state index contributed by atoms with van der Waals surface area (Å²) in [6.07, 6.45) is 1.53. The minimum absolute atomic E-state index is 0.0322. The first-order valence-electron chi connectivity index (χ1n) is 6.35. The fraction of sp³-hybridized carbons (Fsp3) is 0.125. The summed E-state index contributed by atoms with van der Waals surface area (Å²) < 4.78 is 1.65. The van der Waals surface area contributed by atoms with E-state index in [1.54, 1.807) is 28.9 Å². The number of nitrogens with zero attached hydrogens (tertiary/aromatic N) is 2. The van der Waals surface area contributed by atoms with E-state index in [9.17, 15) is 4.79 Å². The van der Waals surface area contributed by atoms with Crippen LogP contribution in [0.1, 0.15) is 17.0 Å². The highest BCUT2D eigenvalue weighted by molar-refractivity contribution is 6.30. The van der Waals surface area contributed by atoms with E-state index in [1.807, 2.05) is 32.0 Å². The molecule has 2 aromatic rings. The Balaban J connectivity index is 2.23. The molecule has 5 heteroatoms. The maximum absolute atomic E-state index is 12.2. The monoisotopic (exact) mass is 299 g/mol. The summed E-state index contributed by atoms with van der Waals surface area (Å²) in [5.74, 6) is -0.449. The van der Waals surface area contributed by atoms with Crippen LogP contribution in [0.2, 0.25) is 5.02 Å². The van der Waals surface area contributed by atoms with Gasteiger partial charge in [-0.3, -0.25) is 14.9 Å². The zero-order chi connectivity index (χ0) is 15.4. The van der Waals surface area contributed by atoms with Gasteiger partial charge in [0.15, 0.2) is 0 Å². The third kappa shape index (κ3) is 3.53. The summed E-state index contributed by atoms with van der Waals surface area (Å²) >= 11 is 5.81. The first kappa shape index (κ1) is 14.9. The Labute approximate surface area is 128 Å². The van der Waals surface area contributed by atoms with Gasteiger partial charge in [-0.25, -0.2) is 0 Å². The van der Waals surface area contributed by atoms with Crippen molar-refractivity contribution in [3.8, 4) is 6.07 Å². The summed E-state index contributed by atoms with van der Waals surface area (Å²) in [6.45, 7) is 3.75. The van der Waals surface area contributed by atoms with Gasteiger partial charge in [0, 0.05) is 16.4 Å². The number of nitrogens with one attached hydrogen (secondary N) is 1. The molecule has 1 N–H and O–H groups in total. The summed E-state index contributed by atoms with van der Waals surface area (Å²) in [6, 6.07) is 12.6. The van der Waals surface area contributed by atoms with Gasteiger partial charge in [0.1, 0.15) is 11.6 Å². The summed E-state index contributed by atoms with van der Waals surface area (Å²) in [7, 11) is 0. The largest absolute Gasteiger partial charge is 0.280 e. The lowest BCUT2D eigenvalue weighted by Crippen LogP contribution is -2.25. The second-order valence-electron chi connectivity index (χ2n) is 4.61. The van der Waals surface area contributed by atoms with Crippen molar-refractivity contribution >= 4 is 23.6 Å². The Morgan fingerprint density at radius 2 is 1.76 bits per heavy atom. The first-order chi connectivity index (χ1) is 10.0. The van der Waals surface area contributed by atoms with Gasteiger partial charge in [-0.2, -0.15) is 5.26 Å². The Kier molecular flexibility index (Phi) is 4.46. The van der Waals surface area contributed by atoms with Crippen LogP contribution in [0, 0.1) is 25.2 Å². The molecule has 21 heavy (non-hydrogen) atoms. The van der Waals surface area contributed by atoms with E-state index in [-0.39, 0.29) is 5.57 Å². The van der Waals surface area contributed by atoms with E-state index < -0.39 is 5.91 Å². The van der Waals surface area contributed by atoms with Crippen LogP contribution in [-0.4, -0.2) is 10.6 Å². The second kappa shape index (κ2) is 6.29. The molecule has 1 amide bonds. The topological polar surface area (TPSA) is 57.8 Å². The number of carbonyl (C=O) groups excluding carboxylic acids is 1. The maximum atomic E-state index is 12.2. The first-order valence-corrected chi connectivity index (χ1v) is 6.72. The fourth-order valence-electron chi connectivity index (χ4n) is 1.88. The van der Waals surface area contributed by atoms with Gasteiger partial charge >= 0.3 is 0 Å². The molecule has 0 unspecified atom stereocenters. The number of halogens is 1. The highest BCUT2D eigenvalue weighted by Gasteiger charge is 2.11. The van der Waals surface area contributed by atoms with Crippen LogP contribution < -0.4 is 5.43 Å². The number of benzene rings is 1. The number of aromatic nitrogens is 1. The van der Waals surface area contributed by atoms with Crippen LogP contribution in [0.25, 0.3) is 6.08 Å². The van der Waals surface area contributed by atoms with Crippen LogP contribution in [0.15, 0.2) is 42.0 Å². The predicted octanol–water partition coefficient (Wildman–Crippen LogP) is 3.44. The van der Waals surface area contributed by atoms with Crippen molar-refractivity contribution in [1.82, 2.24) is 4.68 Å². The molecular formula is C16H14ClN3O. The number of aryl methyl sites for hydroxylation is 2. The molecule has 0 aliphatic carbocycles. The molecule has 106 valence electrons. The van der Waals surface area contributed by atoms with Crippen LogP contribution in [0.4, 0.5) is 0 Å². The van der Waals surface area contributed by atoms with Crippen molar-refractivity contribution in [2.45, 2.75) is 13.8 Å². The highest BCUT2D eigenvalue weighted by Crippen LogP contribution is 2.13. The van der Waals surface area contributed by atoms with Crippen LogP contribution >= 0.6 is 11.6 Å². The van der Waals surface area contributed by atoms with Gasteiger partial charge in [0.05, 0.1) is 0 Å². The lowest BCUT2D eigenvalue weighted by molar-refractivity contribution is -0.113. The van der Waals surface area contributed by atoms with E-state index in [1.165, 1.54) is 6.08 Å². The minimum atomic E-state index is -0.449. The molecule has 1 aromatic heterocycles. The van der Waals surface area contributed by atoms with Gasteiger partial charge in [-0.05, 0) is 49.8 Å². The lowest BCUT2D eigenvalue weighted by atomic mass is 10.1. The number of carbonyl (C=O) groups is 1. The van der Waals surface area contributed by atoms with Gasteiger partial charge in [0.25, 0.3) is 5.91 Å². The molecule has 2 rings (SSSR count). The number of hydrogen-bond donors (Lipinski definition) is 1. The third-order valence-electron chi connectivity index (χ3n) is 3.03. The molecule has 4 nitrogen and oxygen atoms in total. The number of rotatable bonds is 3. The fourth-order valence-corrected chi connectivity index (χ4v) is 2.01. The SMILES string of the molecule is Cc1ccc(C)n1NC(=O)/C(C#N)=C\c1ccc(Cl)cc1. The van der Waals surface area contributed by atoms with Crippen LogP contribution in [0.3, 0.4) is 0 Å². The molecular weight excluding hydrogens is 286 g/mol. The van der Waals surface area contributed by atoms with E-state index >= 15 is 0 Å². The molecule has 0 saturated carbocycles. The molecule has 0 saturated heterocycles. The van der Waals surface area contributed by atoms with Gasteiger partial charge in [-0.1, -0.05) is 23.7 Å². The van der Waals surface area contributed by atoms with Crippen LogP contribution in [-0.2, 0) is 4.79 Å². The van der Waals surface area contributed by atoms with Crippen molar-refractivity contribution in [2.75, 3.05) is 5.43 Å². The van der Waals surface area contributed by atoms with Crippen molar-refractivity contribution in [3.05, 3.63) is 63.9 Å². The van der Waals surface area contributed by atoms with Crippen molar-refractivity contribution in [1.29, 1.82) is 5.26 Å². The maximum Gasteiger partial charge on any atom is 0.280 e. The molecule has 0 aliphatic heterocycles. The molecule has 0 bridgehead atoms. The summed E-state index contributed by atoms with van der Waals surface area (Å²) in [5.41, 5.74) is 5.26. The molecule has 0 atom stereocenters. The van der Waals surface area contributed by atoms with Crippen LogP contribution in [0.5, 0.6) is 0 Å². The average Bonchev–Trinajstić information content (AvgIpc) is 2.78. The number of amides is 1. The second-order valence-corrected chi connectivity index (χ2v) is 5.05.